The van der Waals surface area contributed by atoms with Crippen LogP contribution in [0, 0.1) is 5.41 Å². The second-order valence-corrected chi connectivity index (χ2v) is 8.47. The molecule has 1 aliphatic heterocycles. The molecule has 3 heterocycles. The van der Waals surface area contributed by atoms with Crippen molar-refractivity contribution in [2.24, 2.45) is 10.5 Å². The van der Waals surface area contributed by atoms with Gasteiger partial charge < -0.3 is 9.88 Å². The number of carbonyl (C=O) groups excluding carboxylic acids is 2. The highest BCUT2D eigenvalue weighted by molar-refractivity contribution is 6.03. The van der Waals surface area contributed by atoms with Crippen molar-refractivity contribution in [1.82, 2.24) is 19.9 Å². The van der Waals surface area contributed by atoms with Crippen molar-refractivity contribution in [3.63, 3.8) is 0 Å². The monoisotopic (exact) mass is 403 g/mol. The van der Waals surface area contributed by atoms with Gasteiger partial charge in [0.1, 0.15) is 12.2 Å². The zero-order chi connectivity index (χ0) is 21.3. The molecule has 7 nitrogen and oxygen atoms in total. The maximum atomic E-state index is 13.3. The summed E-state index contributed by atoms with van der Waals surface area (Å²) in [6.07, 6.45) is 3.36. The molecule has 3 aromatic rings. The number of hydrogen-bond acceptors (Lipinski definition) is 4. The molecule has 1 aliphatic rings. The van der Waals surface area contributed by atoms with Crippen LogP contribution in [0.15, 0.2) is 60.0 Å². The maximum absolute atomic E-state index is 13.3. The van der Waals surface area contributed by atoms with E-state index in [2.05, 4.69) is 36.2 Å². The molecular formula is C23H25N5O2. The lowest BCUT2D eigenvalue weighted by Gasteiger charge is -2.23. The highest BCUT2D eigenvalue weighted by Gasteiger charge is 2.31. The lowest BCUT2D eigenvalue weighted by Crippen LogP contribution is -2.38. The van der Waals surface area contributed by atoms with E-state index in [-0.39, 0.29) is 23.8 Å². The molecule has 2 aromatic heterocycles. The summed E-state index contributed by atoms with van der Waals surface area (Å²) < 4.78 is 2.00. The van der Waals surface area contributed by atoms with E-state index in [0.717, 1.165) is 22.2 Å². The van der Waals surface area contributed by atoms with Crippen molar-refractivity contribution in [3.8, 4) is 0 Å². The molecule has 7 heteroatoms. The van der Waals surface area contributed by atoms with Crippen LogP contribution in [0.1, 0.15) is 36.8 Å². The molecule has 0 fully saturated rings. The normalized spacial score (nSPS) is 14.3. The standard InChI is InChI=1S/C23H25N5O2/c1-23(2,3)20-14-27-18-7-5-4-6-17(18)12-19(27)22(30)28(26-20)15-21(29)25-13-16-8-10-24-11-9-16/h4-12H,13-15H2,1-3H3,(H,25,29). The number of benzene rings is 1. The number of rotatable bonds is 4. The Morgan fingerprint density at radius 1 is 1.13 bits per heavy atom. The highest BCUT2D eigenvalue weighted by Crippen LogP contribution is 2.27. The minimum Gasteiger partial charge on any atom is -0.350 e. The third kappa shape index (κ3) is 3.96. The van der Waals surface area contributed by atoms with Gasteiger partial charge in [0.2, 0.25) is 5.91 Å². The summed E-state index contributed by atoms with van der Waals surface area (Å²) in [5, 5.41) is 9.77. The van der Waals surface area contributed by atoms with Crippen LogP contribution in [0.25, 0.3) is 10.9 Å². The van der Waals surface area contributed by atoms with Crippen molar-refractivity contribution in [2.75, 3.05) is 6.54 Å². The molecule has 2 amide bonds. The number of hydrazone groups is 1. The first-order valence-corrected chi connectivity index (χ1v) is 9.96. The topological polar surface area (TPSA) is 79.6 Å². The van der Waals surface area contributed by atoms with Crippen LogP contribution >= 0.6 is 0 Å². The van der Waals surface area contributed by atoms with Crippen LogP contribution in [0.4, 0.5) is 0 Å². The summed E-state index contributed by atoms with van der Waals surface area (Å²) in [4.78, 5) is 29.9. The maximum Gasteiger partial charge on any atom is 0.291 e. The van der Waals surface area contributed by atoms with Gasteiger partial charge in [0.05, 0.1) is 12.3 Å². The summed E-state index contributed by atoms with van der Waals surface area (Å²) in [7, 11) is 0. The highest BCUT2D eigenvalue weighted by atomic mass is 16.2. The molecule has 0 saturated heterocycles. The second-order valence-electron chi connectivity index (χ2n) is 8.47. The fraction of sp³-hybridized carbons (Fsp3) is 0.304. The molecule has 4 rings (SSSR count). The Balaban J connectivity index is 1.62. The van der Waals surface area contributed by atoms with Gasteiger partial charge in [0.25, 0.3) is 5.91 Å². The van der Waals surface area contributed by atoms with Gasteiger partial charge in [-0.25, -0.2) is 5.01 Å². The van der Waals surface area contributed by atoms with E-state index in [0.29, 0.717) is 18.8 Å². The van der Waals surface area contributed by atoms with Gasteiger partial charge >= 0.3 is 0 Å². The van der Waals surface area contributed by atoms with E-state index in [1.807, 2.05) is 47.0 Å². The van der Waals surface area contributed by atoms with Gasteiger partial charge in [-0.15, -0.1) is 0 Å². The number of amides is 2. The molecule has 0 spiro atoms. The minimum absolute atomic E-state index is 0.134. The van der Waals surface area contributed by atoms with Crippen LogP contribution in [-0.2, 0) is 17.9 Å². The summed E-state index contributed by atoms with van der Waals surface area (Å²) in [5.41, 5.74) is 3.07. The Morgan fingerprint density at radius 3 is 2.60 bits per heavy atom. The number of hydrogen-bond donors (Lipinski definition) is 1. The fourth-order valence-electron chi connectivity index (χ4n) is 3.45. The van der Waals surface area contributed by atoms with E-state index >= 15 is 0 Å². The van der Waals surface area contributed by atoms with Crippen molar-refractivity contribution < 1.29 is 9.59 Å². The number of fused-ring (bicyclic) bond motifs is 3. The summed E-state index contributed by atoms with van der Waals surface area (Å²) in [5.74, 6) is -0.536. The Labute approximate surface area is 175 Å². The van der Waals surface area contributed by atoms with E-state index in [9.17, 15) is 9.59 Å². The third-order valence-electron chi connectivity index (χ3n) is 5.21. The Kier molecular flexibility index (Phi) is 5.11. The van der Waals surface area contributed by atoms with Crippen LogP contribution in [-0.4, -0.2) is 38.6 Å². The van der Waals surface area contributed by atoms with Crippen LogP contribution < -0.4 is 5.32 Å². The van der Waals surface area contributed by atoms with Gasteiger partial charge in [-0.1, -0.05) is 39.0 Å². The van der Waals surface area contributed by atoms with Gasteiger partial charge in [0.15, 0.2) is 0 Å². The zero-order valence-corrected chi connectivity index (χ0v) is 17.4. The predicted molar refractivity (Wildman–Crippen MR) is 116 cm³/mol. The molecule has 0 saturated carbocycles. The molecular weight excluding hydrogens is 378 g/mol. The number of carbonyl (C=O) groups is 2. The average Bonchev–Trinajstić information content (AvgIpc) is 3.02. The lowest BCUT2D eigenvalue weighted by molar-refractivity contribution is -0.122. The van der Waals surface area contributed by atoms with Crippen molar-refractivity contribution in [2.45, 2.75) is 33.9 Å². The number of nitrogens with zero attached hydrogens (tertiary/aromatic N) is 4. The molecule has 0 radical (unpaired) electrons. The molecule has 1 aromatic carbocycles. The van der Waals surface area contributed by atoms with Crippen molar-refractivity contribution >= 4 is 28.4 Å². The minimum atomic E-state index is -0.274. The molecule has 0 bridgehead atoms. The van der Waals surface area contributed by atoms with E-state index in [1.165, 1.54) is 5.01 Å². The van der Waals surface area contributed by atoms with Crippen molar-refractivity contribution in [1.29, 1.82) is 0 Å². The van der Waals surface area contributed by atoms with Gasteiger partial charge in [-0.3, -0.25) is 14.6 Å². The van der Waals surface area contributed by atoms with Gasteiger partial charge in [-0.2, -0.15) is 5.10 Å². The first kappa shape index (κ1) is 19.8. The fourth-order valence-corrected chi connectivity index (χ4v) is 3.45. The van der Waals surface area contributed by atoms with E-state index < -0.39 is 0 Å². The molecule has 0 aliphatic carbocycles. The molecule has 30 heavy (non-hydrogen) atoms. The number of pyridine rings is 1. The quantitative estimate of drug-likeness (QED) is 0.726. The van der Waals surface area contributed by atoms with E-state index in [4.69, 9.17) is 0 Å². The number of aromatic nitrogens is 2. The summed E-state index contributed by atoms with van der Waals surface area (Å²) in [6.45, 7) is 6.94. The number of para-hydroxylation sites is 1. The smallest absolute Gasteiger partial charge is 0.291 e. The largest absolute Gasteiger partial charge is 0.350 e. The first-order chi connectivity index (χ1) is 14.3. The first-order valence-electron chi connectivity index (χ1n) is 9.96. The second kappa shape index (κ2) is 7.74. The molecule has 0 atom stereocenters. The van der Waals surface area contributed by atoms with Crippen LogP contribution in [0.2, 0.25) is 0 Å². The molecule has 0 unspecified atom stereocenters. The zero-order valence-electron chi connectivity index (χ0n) is 17.4. The molecule has 1 N–H and O–H groups in total. The third-order valence-corrected chi connectivity index (χ3v) is 5.21. The van der Waals surface area contributed by atoms with Crippen LogP contribution in [0.3, 0.4) is 0 Å². The SMILES string of the molecule is CC(C)(C)C1=NN(CC(=O)NCc2ccncc2)C(=O)c2cc3ccccc3n2C1. The average molecular weight is 403 g/mol. The Bertz CT molecular complexity index is 1130. The number of nitrogens with one attached hydrogen (secondary N) is 1. The summed E-state index contributed by atoms with van der Waals surface area (Å²) in [6, 6.07) is 13.5. The van der Waals surface area contributed by atoms with Crippen LogP contribution in [0.5, 0.6) is 0 Å². The Hall–Kier alpha value is -3.48. The molecule has 154 valence electrons. The predicted octanol–water partition coefficient (Wildman–Crippen LogP) is 3.21. The van der Waals surface area contributed by atoms with E-state index in [1.54, 1.807) is 12.4 Å². The van der Waals surface area contributed by atoms with Crippen molar-refractivity contribution in [3.05, 3.63) is 66.1 Å². The van der Waals surface area contributed by atoms with Gasteiger partial charge in [-0.05, 0) is 29.8 Å². The Morgan fingerprint density at radius 2 is 1.87 bits per heavy atom. The summed E-state index contributed by atoms with van der Waals surface area (Å²) >= 11 is 0. The van der Waals surface area contributed by atoms with Gasteiger partial charge in [0, 0.05) is 35.3 Å². The lowest BCUT2D eigenvalue weighted by atomic mass is 9.90.